The Bertz CT molecular complexity index is 1700. The number of hydrogen-bond acceptors (Lipinski definition) is 19. The highest BCUT2D eigenvalue weighted by Crippen LogP contribution is 2.40. The van der Waals surface area contributed by atoms with Crippen molar-refractivity contribution in [2.45, 2.75) is 68.3 Å². The van der Waals surface area contributed by atoms with Gasteiger partial charge in [0.25, 0.3) is 0 Å². The molecule has 2 aromatic carbocycles. The van der Waals surface area contributed by atoms with E-state index in [1.54, 1.807) is 0 Å². The van der Waals surface area contributed by atoms with Gasteiger partial charge in [-0.2, -0.15) is 0 Å². The average molecular weight is 743 g/mol. The third kappa shape index (κ3) is 8.36. The van der Waals surface area contributed by atoms with Gasteiger partial charge in [0.15, 0.2) is 23.5 Å². The molecule has 1 aromatic heterocycles. The van der Waals surface area contributed by atoms with E-state index in [1.807, 2.05) is 0 Å². The number of benzene rings is 2. The van der Waals surface area contributed by atoms with Crippen LogP contribution in [0.1, 0.15) is 6.92 Å². The molecule has 10 N–H and O–H groups in total. The SMILES string of the molecule is CC1O[C@@H](OC[C@H]2O[C@@H](Oc3c(-c4ccc(OCCO)c(OCCO)c4)oc4cc(OCCO)cc(O)c4c3=O)C(O)C(O)[C@@H]2O)[C@@H](O)C(O)[C@H]1O. The second-order valence-electron chi connectivity index (χ2n) is 11.9. The van der Waals surface area contributed by atoms with E-state index in [9.17, 15) is 55.9 Å². The molecule has 0 bridgehead atoms. The van der Waals surface area contributed by atoms with Crippen LogP contribution in [0, 0.1) is 0 Å². The molecule has 2 aliphatic heterocycles. The largest absolute Gasteiger partial charge is 0.507 e. The van der Waals surface area contributed by atoms with E-state index in [4.69, 9.17) is 37.6 Å². The van der Waals surface area contributed by atoms with Crippen molar-refractivity contribution >= 4 is 11.0 Å². The topological polar surface area (TPSA) is 297 Å². The zero-order valence-electron chi connectivity index (χ0n) is 27.8. The minimum Gasteiger partial charge on any atom is -0.507 e. The minimum absolute atomic E-state index is 0.0380. The Labute approximate surface area is 294 Å². The first-order valence-corrected chi connectivity index (χ1v) is 16.3. The molecule has 19 heteroatoms. The van der Waals surface area contributed by atoms with Gasteiger partial charge in [-0.15, -0.1) is 0 Å². The van der Waals surface area contributed by atoms with Crippen LogP contribution >= 0.6 is 0 Å². The molecule has 2 aliphatic rings. The van der Waals surface area contributed by atoms with Gasteiger partial charge in [0.1, 0.15) is 85.0 Å². The average Bonchev–Trinajstić information content (AvgIpc) is 3.13. The van der Waals surface area contributed by atoms with Crippen LogP contribution in [0.25, 0.3) is 22.3 Å². The lowest BCUT2D eigenvalue weighted by Gasteiger charge is -2.42. The lowest BCUT2D eigenvalue weighted by molar-refractivity contribution is -0.318. The van der Waals surface area contributed by atoms with Crippen LogP contribution < -0.4 is 24.4 Å². The van der Waals surface area contributed by atoms with Crippen molar-refractivity contribution in [3.8, 4) is 40.1 Å². The Balaban J connectivity index is 1.53. The first-order chi connectivity index (χ1) is 24.9. The molecule has 0 saturated carbocycles. The van der Waals surface area contributed by atoms with Gasteiger partial charge in [-0.05, 0) is 25.1 Å². The summed E-state index contributed by atoms with van der Waals surface area (Å²) in [5, 5.41) is 101. The number of hydrogen-bond donors (Lipinski definition) is 10. The fourth-order valence-corrected chi connectivity index (χ4v) is 5.60. The highest BCUT2D eigenvalue weighted by atomic mass is 16.7. The number of phenolic OH excluding ortho intramolecular Hbond substituents is 1. The Morgan fingerprint density at radius 2 is 1.35 bits per heavy atom. The number of fused-ring (bicyclic) bond motifs is 1. The second kappa shape index (κ2) is 17.3. The molecule has 0 aliphatic carbocycles. The van der Waals surface area contributed by atoms with E-state index in [-0.39, 0.29) is 79.2 Å². The highest BCUT2D eigenvalue weighted by molar-refractivity contribution is 5.88. The summed E-state index contributed by atoms with van der Waals surface area (Å²) in [6.45, 7) is -0.648. The summed E-state index contributed by atoms with van der Waals surface area (Å²) in [5.74, 6) is -1.31. The molecular formula is C33H42O19. The van der Waals surface area contributed by atoms with Crippen LogP contribution in [0.2, 0.25) is 0 Å². The molecule has 3 aromatic rings. The molecule has 2 fully saturated rings. The summed E-state index contributed by atoms with van der Waals surface area (Å²) in [6, 6.07) is 6.59. The quantitative estimate of drug-likeness (QED) is 0.0758. The van der Waals surface area contributed by atoms with Crippen LogP contribution in [-0.2, 0) is 14.2 Å². The molecular weight excluding hydrogens is 700 g/mol. The number of ether oxygens (including phenoxy) is 7. The van der Waals surface area contributed by atoms with Gasteiger partial charge >= 0.3 is 0 Å². The van der Waals surface area contributed by atoms with Gasteiger partial charge in [-0.3, -0.25) is 4.79 Å². The smallest absolute Gasteiger partial charge is 0.239 e. The fraction of sp³-hybridized carbons (Fsp3) is 0.545. The Hall–Kier alpha value is -3.83. The van der Waals surface area contributed by atoms with Crippen molar-refractivity contribution in [2.75, 3.05) is 46.2 Å². The van der Waals surface area contributed by atoms with Crippen molar-refractivity contribution in [1.29, 1.82) is 0 Å². The van der Waals surface area contributed by atoms with Crippen LogP contribution in [0.15, 0.2) is 39.5 Å². The monoisotopic (exact) mass is 742 g/mol. The van der Waals surface area contributed by atoms with E-state index >= 15 is 0 Å². The second-order valence-corrected chi connectivity index (χ2v) is 11.9. The first-order valence-electron chi connectivity index (χ1n) is 16.3. The highest BCUT2D eigenvalue weighted by Gasteiger charge is 2.48. The lowest BCUT2D eigenvalue weighted by Crippen LogP contribution is -2.61. The van der Waals surface area contributed by atoms with Gasteiger partial charge < -0.3 is 88.6 Å². The molecule has 288 valence electrons. The molecule has 0 amide bonds. The Morgan fingerprint density at radius 1 is 0.712 bits per heavy atom. The molecule has 2 saturated heterocycles. The summed E-state index contributed by atoms with van der Waals surface area (Å²) in [7, 11) is 0. The predicted octanol–water partition coefficient (Wildman–Crippen LogP) is -2.69. The maximum Gasteiger partial charge on any atom is 0.239 e. The van der Waals surface area contributed by atoms with E-state index in [1.165, 1.54) is 31.2 Å². The maximum atomic E-state index is 14.1. The van der Waals surface area contributed by atoms with E-state index in [2.05, 4.69) is 0 Å². The van der Waals surface area contributed by atoms with Crippen molar-refractivity contribution in [3.63, 3.8) is 0 Å². The Kier molecular flexibility index (Phi) is 13.1. The van der Waals surface area contributed by atoms with Crippen LogP contribution in [-0.4, -0.2) is 159 Å². The van der Waals surface area contributed by atoms with Crippen LogP contribution in [0.5, 0.6) is 28.7 Å². The van der Waals surface area contributed by atoms with Crippen LogP contribution in [0.3, 0.4) is 0 Å². The summed E-state index contributed by atoms with van der Waals surface area (Å²) in [4.78, 5) is 14.1. The third-order valence-electron chi connectivity index (χ3n) is 8.31. The van der Waals surface area contributed by atoms with Gasteiger partial charge in [0.2, 0.25) is 17.5 Å². The zero-order valence-corrected chi connectivity index (χ0v) is 27.8. The van der Waals surface area contributed by atoms with Gasteiger partial charge in [-0.1, -0.05) is 0 Å². The zero-order chi connectivity index (χ0) is 37.7. The number of aliphatic hydroxyl groups excluding tert-OH is 9. The van der Waals surface area contributed by atoms with Gasteiger partial charge in [-0.25, -0.2) is 0 Å². The third-order valence-corrected chi connectivity index (χ3v) is 8.31. The summed E-state index contributed by atoms with van der Waals surface area (Å²) >= 11 is 0. The normalized spacial score (nSPS) is 29.2. The standard InChI is InChI=1S/C33H42O19/c1-14-23(38)26(41)28(43)32(49-14)48-13-21-24(39)27(42)29(44)33(51-21)52-31-25(40)22-17(37)11-16(45-7-4-34)12-20(22)50-30(31)15-2-3-18(46-8-5-35)19(10-15)47-9-6-36/h2-3,10-12,14,21,23-24,26-29,32-39,41-44H,4-9,13H2,1H3/t14?,21-,23+,24-,26?,27?,28+,29?,32-,33+/m1/s1. The van der Waals surface area contributed by atoms with Crippen molar-refractivity contribution in [2.24, 2.45) is 0 Å². The van der Waals surface area contributed by atoms with Gasteiger partial charge in [0.05, 0.1) is 32.5 Å². The minimum atomic E-state index is -1.98. The number of aliphatic hydroxyl groups is 9. The van der Waals surface area contributed by atoms with Gasteiger partial charge in [0, 0.05) is 17.7 Å². The van der Waals surface area contributed by atoms with E-state index in [0.29, 0.717) is 0 Å². The van der Waals surface area contributed by atoms with E-state index < -0.39 is 84.9 Å². The summed E-state index contributed by atoms with van der Waals surface area (Å²) in [6.07, 6.45) is -16.3. The molecule has 52 heavy (non-hydrogen) atoms. The summed E-state index contributed by atoms with van der Waals surface area (Å²) < 4.78 is 45.1. The van der Waals surface area contributed by atoms with Crippen molar-refractivity contribution in [3.05, 3.63) is 40.6 Å². The number of phenols is 1. The molecule has 10 atom stereocenters. The first kappa shape index (κ1) is 39.4. The maximum absolute atomic E-state index is 14.1. The van der Waals surface area contributed by atoms with Crippen molar-refractivity contribution < 1.29 is 88.6 Å². The molecule has 0 spiro atoms. The molecule has 5 rings (SSSR count). The summed E-state index contributed by atoms with van der Waals surface area (Å²) in [5.41, 5.74) is -1.08. The fourth-order valence-electron chi connectivity index (χ4n) is 5.60. The molecule has 0 radical (unpaired) electrons. The lowest BCUT2D eigenvalue weighted by atomic mass is 9.98. The predicted molar refractivity (Wildman–Crippen MR) is 173 cm³/mol. The molecule has 19 nitrogen and oxygen atoms in total. The number of aromatic hydroxyl groups is 1. The van der Waals surface area contributed by atoms with E-state index in [0.717, 1.165) is 6.07 Å². The van der Waals surface area contributed by atoms with Crippen molar-refractivity contribution in [1.82, 2.24) is 0 Å². The number of rotatable bonds is 15. The van der Waals surface area contributed by atoms with Crippen LogP contribution in [0.4, 0.5) is 0 Å². The molecule has 3 heterocycles. The molecule has 4 unspecified atom stereocenters. The Morgan fingerprint density at radius 3 is 2.04 bits per heavy atom.